The number of amides is 1. The summed E-state index contributed by atoms with van der Waals surface area (Å²) in [5.41, 5.74) is 0.672. The lowest BCUT2D eigenvalue weighted by atomic mass is 9.95. The van der Waals surface area contributed by atoms with Gasteiger partial charge in [0.25, 0.3) is 5.91 Å². The minimum absolute atomic E-state index is 0.0710. The number of likely N-dealkylation sites (tertiary alicyclic amines) is 1. The lowest BCUT2D eigenvalue weighted by Crippen LogP contribution is -2.38. The summed E-state index contributed by atoms with van der Waals surface area (Å²) >= 11 is 5.37. The van der Waals surface area contributed by atoms with Crippen molar-refractivity contribution in [2.75, 3.05) is 31.1 Å². The number of rotatable bonds is 4. The maximum atomic E-state index is 12.9. The third-order valence-corrected chi connectivity index (χ3v) is 6.11. The summed E-state index contributed by atoms with van der Waals surface area (Å²) in [6.45, 7) is 7.82. The number of carbonyl (C=O) groups is 1. The molecule has 2 aromatic rings. The Kier molecular flexibility index (Phi) is 5.48. The van der Waals surface area contributed by atoms with E-state index in [2.05, 4.69) is 38.5 Å². The van der Waals surface area contributed by atoms with Crippen LogP contribution in [0.2, 0.25) is 0 Å². The third-order valence-electron chi connectivity index (χ3n) is 5.82. The SMILES string of the molecule is CC(C)n1c(C2CCN(C(=O)c3ccc(N4CCCC4)nc3)CC2)n[nH]c1=S. The molecule has 2 aromatic heterocycles. The molecule has 2 aliphatic heterocycles. The number of nitrogens with zero attached hydrogens (tertiary/aromatic N) is 5. The van der Waals surface area contributed by atoms with Crippen molar-refractivity contribution in [2.45, 2.75) is 51.5 Å². The summed E-state index contributed by atoms with van der Waals surface area (Å²) in [6, 6.07) is 4.17. The van der Waals surface area contributed by atoms with Gasteiger partial charge in [-0.3, -0.25) is 9.89 Å². The van der Waals surface area contributed by atoms with Crippen molar-refractivity contribution in [1.82, 2.24) is 24.6 Å². The van der Waals surface area contributed by atoms with Crippen LogP contribution in [0, 0.1) is 4.77 Å². The molecule has 28 heavy (non-hydrogen) atoms. The Bertz CT molecular complexity index is 873. The van der Waals surface area contributed by atoms with Crippen molar-refractivity contribution in [1.29, 1.82) is 0 Å². The van der Waals surface area contributed by atoms with E-state index < -0.39 is 0 Å². The zero-order valence-electron chi connectivity index (χ0n) is 16.6. The van der Waals surface area contributed by atoms with E-state index in [1.165, 1.54) is 12.8 Å². The monoisotopic (exact) mass is 400 g/mol. The first-order chi connectivity index (χ1) is 13.5. The van der Waals surface area contributed by atoms with Crippen LogP contribution in [0.1, 0.15) is 67.7 Å². The van der Waals surface area contributed by atoms with Crippen LogP contribution in [0.25, 0.3) is 0 Å². The molecule has 150 valence electrons. The second-order valence-corrected chi connectivity index (χ2v) is 8.40. The number of hydrogen-bond acceptors (Lipinski definition) is 5. The number of hydrogen-bond donors (Lipinski definition) is 1. The van der Waals surface area contributed by atoms with Crippen LogP contribution >= 0.6 is 12.2 Å². The Morgan fingerprint density at radius 1 is 1.18 bits per heavy atom. The van der Waals surface area contributed by atoms with Crippen LogP contribution in [0.4, 0.5) is 5.82 Å². The minimum Gasteiger partial charge on any atom is -0.357 e. The number of nitrogens with one attached hydrogen (secondary N) is 1. The van der Waals surface area contributed by atoms with Gasteiger partial charge in [-0.15, -0.1) is 0 Å². The molecule has 0 aromatic carbocycles. The number of pyridine rings is 1. The molecule has 1 amide bonds. The quantitative estimate of drug-likeness (QED) is 0.795. The van der Waals surface area contributed by atoms with Gasteiger partial charge in [-0.25, -0.2) is 4.98 Å². The molecule has 1 N–H and O–H groups in total. The maximum absolute atomic E-state index is 12.9. The van der Waals surface area contributed by atoms with Crippen molar-refractivity contribution >= 4 is 23.9 Å². The van der Waals surface area contributed by atoms with Crippen LogP contribution in [0.15, 0.2) is 18.3 Å². The Balaban J connectivity index is 1.39. The van der Waals surface area contributed by atoms with Gasteiger partial charge in [0, 0.05) is 44.3 Å². The molecule has 2 aliphatic rings. The van der Waals surface area contributed by atoms with E-state index in [1.54, 1.807) is 6.20 Å². The van der Waals surface area contributed by atoms with Crippen molar-refractivity contribution in [2.24, 2.45) is 0 Å². The lowest BCUT2D eigenvalue weighted by molar-refractivity contribution is 0.0709. The zero-order valence-corrected chi connectivity index (χ0v) is 17.4. The second kappa shape index (κ2) is 8.03. The van der Waals surface area contributed by atoms with E-state index in [0.29, 0.717) is 16.3 Å². The Labute approximate surface area is 170 Å². The molecule has 8 heteroatoms. The van der Waals surface area contributed by atoms with Crippen LogP contribution in [-0.2, 0) is 0 Å². The number of aromatic amines is 1. The summed E-state index contributed by atoms with van der Waals surface area (Å²) in [6.07, 6.45) is 5.97. The number of aromatic nitrogens is 4. The molecule has 4 heterocycles. The fraction of sp³-hybridized carbons (Fsp3) is 0.600. The fourth-order valence-electron chi connectivity index (χ4n) is 4.27. The van der Waals surface area contributed by atoms with E-state index in [0.717, 1.165) is 50.7 Å². The normalized spacial score (nSPS) is 18.2. The van der Waals surface area contributed by atoms with Crippen molar-refractivity contribution in [3.05, 3.63) is 34.5 Å². The highest BCUT2D eigenvalue weighted by molar-refractivity contribution is 7.71. The molecular formula is C20H28N6OS. The van der Waals surface area contributed by atoms with Gasteiger partial charge in [-0.05, 0) is 63.9 Å². The highest BCUT2D eigenvalue weighted by Gasteiger charge is 2.28. The Morgan fingerprint density at radius 3 is 2.50 bits per heavy atom. The molecule has 0 atom stereocenters. The first-order valence-corrected chi connectivity index (χ1v) is 10.6. The van der Waals surface area contributed by atoms with E-state index in [4.69, 9.17) is 12.2 Å². The smallest absolute Gasteiger partial charge is 0.255 e. The first-order valence-electron chi connectivity index (χ1n) is 10.2. The molecule has 0 radical (unpaired) electrons. The average Bonchev–Trinajstić information content (AvgIpc) is 3.37. The fourth-order valence-corrected chi connectivity index (χ4v) is 4.62. The highest BCUT2D eigenvalue weighted by Crippen LogP contribution is 2.29. The molecule has 2 fully saturated rings. The largest absolute Gasteiger partial charge is 0.357 e. The van der Waals surface area contributed by atoms with Gasteiger partial charge < -0.3 is 14.4 Å². The van der Waals surface area contributed by atoms with Gasteiger partial charge in [0.15, 0.2) is 4.77 Å². The predicted molar refractivity (Wildman–Crippen MR) is 111 cm³/mol. The summed E-state index contributed by atoms with van der Waals surface area (Å²) in [5.74, 6) is 2.39. The Hall–Kier alpha value is -2.22. The summed E-state index contributed by atoms with van der Waals surface area (Å²) < 4.78 is 2.77. The van der Waals surface area contributed by atoms with Gasteiger partial charge in [0.05, 0.1) is 5.56 Å². The maximum Gasteiger partial charge on any atom is 0.255 e. The number of anilines is 1. The topological polar surface area (TPSA) is 70.1 Å². The number of H-pyrrole nitrogens is 1. The predicted octanol–water partition coefficient (Wildman–Crippen LogP) is 3.54. The lowest BCUT2D eigenvalue weighted by Gasteiger charge is -2.32. The molecular weight excluding hydrogens is 372 g/mol. The van der Waals surface area contributed by atoms with Crippen molar-refractivity contribution in [3.63, 3.8) is 0 Å². The molecule has 0 spiro atoms. The zero-order chi connectivity index (χ0) is 19.7. The molecule has 2 saturated heterocycles. The van der Waals surface area contributed by atoms with Gasteiger partial charge in [-0.2, -0.15) is 5.10 Å². The first kappa shape index (κ1) is 19.1. The van der Waals surface area contributed by atoms with Gasteiger partial charge in [0.1, 0.15) is 11.6 Å². The van der Waals surface area contributed by atoms with Crippen molar-refractivity contribution in [3.8, 4) is 0 Å². The standard InChI is InChI=1S/C20H28N6OS/c1-14(2)26-18(22-23-20(26)28)15-7-11-25(12-8-15)19(27)16-5-6-17(21-13-16)24-9-3-4-10-24/h5-6,13-15H,3-4,7-12H2,1-2H3,(H,23,28). The molecule has 0 aliphatic carbocycles. The van der Waals surface area contributed by atoms with Crippen LogP contribution in [0.3, 0.4) is 0 Å². The highest BCUT2D eigenvalue weighted by atomic mass is 32.1. The second-order valence-electron chi connectivity index (χ2n) is 8.02. The van der Waals surface area contributed by atoms with Crippen molar-refractivity contribution < 1.29 is 4.79 Å². The van der Waals surface area contributed by atoms with Crippen LogP contribution in [0.5, 0.6) is 0 Å². The molecule has 0 bridgehead atoms. The average molecular weight is 401 g/mol. The summed E-state index contributed by atoms with van der Waals surface area (Å²) in [7, 11) is 0. The van der Waals surface area contributed by atoms with Crippen LogP contribution in [-0.4, -0.2) is 56.7 Å². The van der Waals surface area contributed by atoms with E-state index in [1.807, 2.05) is 17.0 Å². The van der Waals surface area contributed by atoms with Gasteiger partial charge in [-0.1, -0.05) is 0 Å². The molecule has 0 unspecified atom stereocenters. The number of carbonyl (C=O) groups excluding carboxylic acids is 1. The summed E-state index contributed by atoms with van der Waals surface area (Å²) in [5, 5.41) is 7.39. The molecule has 0 saturated carbocycles. The summed E-state index contributed by atoms with van der Waals surface area (Å²) in [4.78, 5) is 21.6. The van der Waals surface area contributed by atoms with Gasteiger partial charge >= 0.3 is 0 Å². The molecule has 7 nitrogen and oxygen atoms in total. The minimum atomic E-state index is 0.0710. The van der Waals surface area contributed by atoms with Crippen LogP contribution < -0.4 is 4.90 Å². The number of piperidine rings is 1. The van der Waals surface area contributed by atoms with E-state index in [9.17, 15) is 4.79 Å². The third kappa shape index (κ3) is 3.70. The molecule has 4 rings (SSSR count). The van der Waals surface area contributed by atoms with E-state index >= 15 is 0 Å². The van der Waals surface area contributed by atoms with E-state index in [-0.39, 0.29) is 11.9 Å². The Morgan fingerprint density at radius 2 is 1.89 bits per heavy atom. The van der Waals surface area contributed by atoms with Gasteiger partial charge in [0.2, 0.25) is 0 Å².